The van der Waals surface area contributed by atoms with Crippen LogP contribution in [0, 0.1) is 0 Å². The topological polar surface area (TPSA) is 88.1 Å². The molecule has 0 heterocycles. The molecule has 0 saturated heterocycles. The molecule has 2 rings (SSSR count). The summed E-state index contributed by atoms with van der Waals surface area (Å²) in [6, 6.07) is 12.8. The van der Waals surface area contributed by atoms with Crippen molar-refractivity contribution in [2.24, 2.45) is 0 Å². The molecule has 6 nitrogen and oxygen atoms in total. The van der Waals surface area contributed by atoms with E-state index in [0.717, 1.165) is 5.75 Å². The van der Waals surface area contributed by atoms with Crippen molar-refractivity contribution in [2.75, 3.05) is 20.3 Å². The van der Waals surface area contributed by atoms with E-state index in [4.69, 9.17) is 14.2 Å². The lowest BCUT2D eigenvalue weighted by Crippen LogP contribution is -2.25. The summed E-state index contributed by atoms with van der Waals surface area (Å²) in [6.07, 6.45) is -0.821. The molecule has 0 aliphatic carbocycles. The van der Waals surface area contributed by atoms with Crippen LogP contribution in [0.5, 0.6) is 17.2 Å². The third-order valence-electron chi connectivity index (χ3n) is 3.03. The van der Waals surface area contributed by atoms with Gasteiger partial charge >= 0.3 is 0 Å². The first kappa shape index (κ1) is 16.6. The van der Waals surface area contributed by atoms with Crippen LogP contribution in [0.25, 0.3) is 0 Å². The highest BCUT2D eigenvalue weighted by molar-refractivity contribution is 5.85. The number of carboxylic acid groups (broad SMARTS) is 1. The fourth-order valence-corrected chi connectivity index (χ4v) is 1.79. The van der Waals surface area contributed by atoms with E-state index in [0.29, 0.717) is 11.5 Å². The molecule has 1 atom stereocenters. The minimum absolute atomic E-state index is 0.0286. The molecule has 2 aromatic carbocycles. The van der Waals surface area contributed by atoms with Crippen molar-refractivity contribution in [3.63, 3.8) is 0 Å². The molecule has 0 fully saturated rings. The smallest absolute Gasteiger partial charge is 0.122 e. The summed E-state index contributed by atoms with van der Waals surface area (Å²) in [7, 11) is 1.58. The standard InChI is InChI=1S/C17H18O6/c1-21-14-6-8-16(9-7-14)23-11-13(18)10-22-15-4-2-12(3-5-15)17(19)20/h2-9,13,18H,10-11H2,1H3,(H,19,20)/p-1. The first-order valence-electron chi connectivity index (χ1n) is 6.97. The van der Waals surface area contributed by atoms with Crippen molar-refractivity contribution in [1.29, 1.82) is 0 Å². The molecule has 6 heteroatoms. The Morgan fingerprint density at radius 1 is 0.957 bits per heavy atom. The Balaban J connectivity index is 1.75. The molecule has 122 valence electrons. The molecule has 0 amide bonds. The van der Waals surface area contributed by atoms with Crippen LogP contribution in [0.1, 0.15) is 10.4 Å². The number of aromatic carboxylic acids is 1. The van der Waals surface area contributed by atoms with Gasteiger partial charge in [0.15, 0.2) is 0 Å². The van der Waals surface area contributed by atoms with Crippen LogP contribution in [-0.2, 0) is 0 Å². The van der Waals surface area contributed by atoms with Crippen molar-refractivity contribution < 1.29 is 29.2 Å². The molecule has 0 saturated carbocycles. The third-order valence-corrected chi connectivity index (χ3v) is 3.03. The van der Waals surface area contributed by atoms with Crippen LogP contribution in [-0.4, -0.2) is 37.5 Å². The van der Waals surface area contributed by atoms with Gasteiger partial charge in [0.05, 0.1) is 13.1 Å². The van der Waals surface area contributed by atoms with Crippen molar-refractivity contribution in [3.05, 3.63) is 54.1 Å². The number of carboxylic acids is 1. The zero-order chi connectivity index (χ0) is 16.7. The molecule has 2 aromatic rings. The number of carbonyl (C=O) groups excluding carboxylic acids is 1. The Hall–Kier alpha value is -2.73. The van der Waals surface area contributed by atoms with Gasteiger partial charge in [0.1, 0.15) is 36.6 Å². The van der Waals surface area contributed by atoms with Crippen LogP contribution in [0.15, 0.2) is 48.5 Å². The average Bonchev–Trinajstić information content (AvgIpc) is 2.59. The molecule has 0 aliphatic rings. The van der Waals surface area contributed by atoms with Crippen LogP contribution in [0.4, 0.5) is 0 Å². The monoisotopic (exact) mass is 317 g/mol. The maximum Gasteiger partial charge on any atom is 0.122 e. The predicted octanol–water partition coefficient (Wildman–Crippen LogP) is 0.877. The largest absolute Gasteiger partial charge is 0.545 e. The molecule has 0 aromatic heterocycles. The van der Waals surface area contributed by atoms with E-state index in [1.165, 1.54) is 24.3 Å². The van der Waals surface area contributed by atoms with Crippen LogP contribution in [0.3, 0.4) is 0 Å². The summed E-state index contributed by atoms with van der Waals surface area (Å²) >= 11 is 0. The van der Waals surface area contributed by atoms with Crippen molar-refractivity contribution in [3.8, 4) is 17.2 Å². The van der Waals surface area contributed by atoms with Crippen molar-refractivity contribution in [1.82, 2.24) is 0 Å². The second-order valence-electron chi connectivity index (χ2n) is 4.76. The highest BCUT2D eigenvalue weighted by Gasteiger charge is 2.07. The summed E-state index contributed by atoms with van der Waals surface area (Å²) < 4.78 is 15.8. The number of hydrogen-bond donors (Lipinski definition) is 1. The summed E-state index contributed by atoms with van der Waals surface area (Å²) in [5.74, 6) is 0.548. The Bertz CT molecular complexity index is 621. The highest BCUT2D eigenvalue weighted by atomic mass is 16.5. The number of aliphatic hydroxyl groups excluding tert-OH is 1. The Morgan fingerprint density at radius 3 is 1.83 bits per heavy atom. The first-order valence-corrected chi connectivity index (χ1v) is 6.97. The van der Waals surface area contributed by atoms with Gasteiger partial charge in [-0.1, -0.05) is 0 Å². The first-order chi connectivity index (χ1) is 11.1. The van der Waals surface area contributed by atoms with E-state index in [9.17, 15) is 15.0 Å². The second-order valence-corrected chi connectivity index (χ2v) is 4.76. The molecular formula is C17H17O6-. The van der Waals surface area contributed by atoms with Crippen molar-refractivity contribution in [2.45, 2.75) is 6.10 Å². The normalized spacial score (nSPS) is 11.6. The number of methoxy groups -OCH3 is 1. The number of ether oxygens (including phenoxy) is 3. The predicted molar refractivity (Wildman–Crippen MR) is 80.8 cm³/mol. The number of hydrogen-bond acceptors (Lipinski definition) is 6. The minimum Gasteiger partial charge on any atom is -0.545 e. The van der Waals surface area contributed by atoms with E-state index in [1.807, 2.05) is 0 Å². The molecule has 0 radical (unpaired) electrons. The average molecular weight is 317 g/mol. The molecule has 1 unspecified atom stereocenters. The zero-order valence-corrected chi connectivity index (χ0v) is 12.6. The van der Waals surface area contributed by atoms with Crippen LogP contribution < -0.4 is 19.3 Å². The molecule has 0 spiro atoms. The van der Waals surface area contributed by atoms with Gasteiger partial charge in [-0.3, -0.25) is 0 Å². The van der Waals surface area contributed by atoms with Gasteiger partial charge in [-0.15, -0.1) is 0 Å². The van der Waals surface area contributed by atoms with Gasteiger partial charge in [0.25, 0.3) is 0 Å². The van der Waals surface area contributed by atoms with Gasteiger partial charge < -0.3 is 29.2 Å². The summed E-state index contributed by atoms with van der Waals surface area (Å²) in [6.45, 7) is 0.101. The third kappa shape index (κ3) is 5.19. The lowest BCUT2D eigenvalue weighted by molar-refractivity contribution is -0.255. The van der Waals surface area contributed by atoms with E-state index >= 15 is 0 Å². The van der Waals surface area contributed by atoms with E-state index in [-0.39, 0.29) is 18.8 Å². The van der Waals surface area contributed by atoms with Gasteiger partial charge in [-0.05, 0) is 54.1 Å². The molecule has 0 bridgehead atoms. The lowest BCUT2D eigenvalue weighted by Gasteiger charge is -2.14. The van der Waals surface area contributed by atoms with E-state index < -0.39 is 12.1 Å². The van der Waals surface area contributed by atoms with Gasteiger partial charge in [-0.25, -0.2) is 0 Å². The highest BCUT2D eigenvalue weighted by Crippen LogP contribution is 2.17. The number of carbonyl (C=O) groups is 1. The second kappa shape index (κ2) is 8.05. The minimum atomic E-state index is -1.25. The number of aliphatic hydroxyl groups is 1. The maximum atomic E-state index is 10.6. The van der Waals surface area contributed by atoms with Crippen molar-refractivity contribution >= 4 is 5.97 Å². The molecule has 0 aliphatic heterocycles. The summed E-state index contributed by atoms with van der Waals surface area (Å²) in [5.41, 5.74) is 0.0701. The fourth-order valence-electron chi connectivity index (χ4n) is 1.79. The quantitative estimate of drug-likeness (QED) is 0.777. The Labute approximate surface area is 133 Å². The molecule has 23 heavy (non-hydrogen) atoms. The maximum absolute atomic E-state index is 10.6. The SMILES string of the molecule is COc1ccc(OCC(O)COc2ccc(C(=O)[O-])cc2)cc1. The molecular weight excluding hydrogens is 300 g/mol. The lowest BCUT2D eigenvalue weighted by atomic mass is 10.2. The fraction of sp³-hybridized carbons (Fsp3) is 0.235. The van der Waals surface area contributed by atoms with Gasteiger partial charge in [-0.2, -0.15) is 0 Å². The number of benzene rings is 2. The van der Waals surface area contributed by atoms with Crippen LogP contribution in [0.2, 0.25) is 0 Å². The van der Waals surface area contributed by atoms with Gasteiger partial charge in [0, 0.05) is 0 Å². The number of rotatable bonds is 8. The Kier molecular flexibility index (Phi) is 5.82. The Morgan fingerprint density at radius 2 is 1.39 bits per heavy atom. The summed E-state index contributed by atoms with van der Waals surface area (Å²) in [5, 5.41) is 20.5. The summed E-state index contributed by atoms with van der Waals surface area (Å²) in [4.78, 5) is 10.6. The zero-order valence-electron chi connectivity index (χ0n) is 12.6. The van der Waals surface area contributed by atoms with E-state index in [1.54, 1.807) is 31.4 Å². The van der Waals surface area contributed by atoms with Crippen LogP contribution >= 0.6 is 0 Å². The van der Waals surface area contributed by atoms with E-state index in [2.05, 4.69) is 0 Å². The van der Waals surface area contributed by atoms with Gasteiger partial charge in [0.2, 0.25) is 0 Å². The molecule has 1 N–H and O–H groups in total.